The van der Waals surface area contributed by atoms with Gasteiger partial charge in [-0.05, 0) is 76.5 Å². The van der Waals surface area contributed by atoms with Crippen molar-refractivity contribution in [3.8, 4) is 5.75 Å². The average molecular weight is 583 g/mol. The highest BCUT2D eigenvalue weighted by atomic mass is 79.9. The van der Waals surface area contributed by atoms with E-state index in [0.29, 0.717) is 11.9 Å². The summed E-state index contributed by atoms with van der Waals surface area (Å²) in [6.07, 6.45) is 0.554. The Morgan fingerprint density at radius 2 is 1.56 bits per heavy atom. The number of fused-ring (bicyclic) bond motifs is 1. The molecule has 0 saturated carbocycles. The van der Waals surface area contributed by atoms with Crippen LogP contribution in [0.2, 0.25) is 0 Å². The van der Waals surface area contributed by atoms with E-state index in [4.69, 9.17) is 4.74 Å². The fourth-order valence-electron chi connectivity index (χ4n) is 4.67. The normalized spacial score (nSPS) is 14.2. The van der Waals surface area contributed by atoms with E-state index in [1.165, 1.54) is 0 Å². The van der Waals surface area contributed by atoms with Crippen molar-refractivity contribution in [1.29, 1.82) is 0 Å². The maximum atomic E-state index is 12.7. The summed E-state index contributed by atoms with van der Waals surface area (Å²) in [6.45, 7) is 0.731. The van der Waals surface area contributed by atoms with E-state index in [0.717, 1.165) is 44.2 Å². The molecular formula is C29H29Br2NO2. The molecule has 0 aliphatic rings. The molecule has 2 unspecified atom stereocenters. The Labute approximate surface area is 218 Å². The molecule has 0 fully saturated rings. The molecule has 0 bridgehead atoms. The predicted molar refractivity (Wildman–Crippen MR) is 148 cm³/mol. The Balaban J connectivity index is 2.05. The Morgan fingerprint density at radius 3 is 2.24 bits per heavy atom. The lowest BCUT2D eigenvalue weighted by Crippen LogP contribution is -2.37. The van der Waals surface area contributed by atoms with Gasteiger partial charge in [-0.2, -0.15) is 0 Å². The lowest BCUT2D eigenvalue weighted by Gasteiger charge is -2.39. The first-order chi connectivity index (χ1) is 16.4. The molecule has 0 aliphatic heterocycles. The third-order valence-electron chi connectivity index (χ3n) is 6.32. The van der Waals surface area contributed by atoms with Gasteiger partial charge >= 0.3 is 0 Å². The fraction of sp³-hybridized carbons (Fsp3) is 0.241. The maximum absolute atomic E-state index is 12.7. The molecular weight excluding hydrogens is 554 g/mol. The van der Waals surface area contributed by atoms with E-state index in [1.807, 2.05) is 74.8 Å². The summed E-state index contributed by atoms with van der Waals surface area (Å²) in [5.74, 6) is 0.416. The molecule has 3 nitrogen and oxygen atoms in total. The standard InChI is InChI=1S/C29H29Br2NO2/c1-32(2)19-18-29(33,23-13-15-24(31)16-14-23)28(22-9-4-3-5-10-22)27-25-11-7-6-8-21(25)12-17-26(27)34-20-30/h3-17,28,33H,18-20H2,1-2H3. The smallest absolute Gasteiger partial charge is 0.143 e. The summed E-state index contributed by atoms with van der Waals surface area (Å²) in [7, 11) is 4.08. The van der Waals surface area contributed by atoms with Crippen LogP contribution in [0.5, 0.6) is 5.75 Å². The molecule has 0 radical (unpaired) electrons. The molecule has 0 aromatic heterocycles. The number of hydrogen-bond donors (Lipinski definition) is 1. The van der Waals surface area contributed by atoms with Crippen LogP contribution in [0, 0.1) is 0 Å². The molecule has 4 aromatic rings. The van der Waals surface area contributed by atoms with Crippen molar-refractivity contribution in [3.05, 3.63) is 112 Å². The molecule has 0 heterocycles. The number of benzene rings is 4. The maximum Gasteiger partial charge on any atom is 0.143 e. The number of alkyl halides is 1. The van der Waals surface area contributed by atoms with Crippen LogP contribution in [-0.4, -0.2) is 36.2 Å². The first-order valence-electron chi connectivity index (χ1n) is 11.3. The predicted octanol–water partition coefficient (Wildman–Crippen LogP) is 7.30. The molecule has 0 saturated heterocycles. The molecule has 176 valence electrons. The van der Waals surface area contributed by atoms with Crippen molar-refractivity contribution in [2.24, 2.45) is 0 Å². The van der Waals surface area contributed by atoms with Crippen molar-refractivity contribution < 1.29 is 9.84 Å². The summed E-state index contributed by atoms with van der Waals surface area (Å²) < 4.78 is 7.09. The molecule has 4 rings (SSSR count). The van der Waals surface area contributed by atoms with Gasteiger partial charge in [0, 0.05) is 22.5 Å². The highest BCUT2D eigenvalue weighted by Crippen LogP contribution is 2.49. The summed E-state index contributed by atoms with van der Waals surface area (Å²) in [5, 5.41) is 14.9. The van der Waals surface area contributed by atoms with Crippen LogP contribution in [0.25, 0.3) is 10.8 Å². The van der Waals surface area contributed by atoms with E-state index in [9.17, 15) is 5.11 Å². The van der Waals surface area contributed by atoms with Crippen molar-refractivity contribution in [2.75, 3.05) is 26.2 Å². The lowest BCUT2D eigenvalue weighted by molar-refractivity contribution is 0.00425. The molecule has 0 spiro atoms. The first-order valence-corrected chi connectivity index (χ1v) is 13.2. The average Bonchev–Trinajstić information content (AvgIpc) is 2.85. The summed E-state index contributed by atoms with van der Waals surface area (Å²) in [5.41, 5.74) is 2.11. The monoisotopic (exact) mass is 581 g/mol. The van der Waals surface area contributed by atoms with Gasteiger partial charge in [0.25, 0.3) is 0 Å². The largest absolute Gasteiger partial charge is 0.482 e. The second kappa shape index (κ2) is 11.0. The number of nitrogens with zero attached hydrogens (tertiary/aromatic N) is 1. The van der Waals surface area contributed by atoms with Gasteiger partial charge < -0.3 is 14.7 Å². The topological polar surface area (TPSA) is 32.7 Å². The highest BCUT2D eigenvalue weighted by molar-refractivity contribution is 9.10. The van der Waals surface area contributed by atoms with Gasteiger partial charge in [-0.1, -0.05) is 88.7 Å². The summed E-state index contributed by atoms with van der Waals surface area (Å²) in [4.78, 5) is 2.12. The Morgan fingerprint density at radius 1 is 0.882 bits per heavy atom. The Kier molecular flexibility index (Phi) is 8.10. The molecule has 1 N–H and O–H groups in total. The minimum atomic E-state index is -1.18. The molecule has 2 atom stereocenters. The van der Waals surface area contributed by atoms with Gasteiger partial charge in [-0.15, -0.1) is 0 Å². The summed E-state index contributed by atoms with van der Waals surface area (Å²) in [6, 6.07) is 30.7. The van der Waals surface area contributed by atoms with E-state index in [2.05, 4.69) is 67.1 Å². The first kappa shape index (κ1) is 24.9. The van der Waals surface area contributed by atoms with Crippen molar-refractivity contribution in [1.82, 2.24) is 4.90 Å². The van der Waals surface area contributed by atoms with Crippen molar-refractivity contribution >= 4 is 42.6 Å². The number of halogens is 2. The van der Waals surface area contributed by atoms with Crippen LogP contribution in [0.1, 0.15) is 29.0 Å². The van der Waals surface area contributed by atoms with Crippen LogP contribution in [0.3, 0.4) is 0 Å². The van der Waals surface area contributed by atoms with Crippen LogP contribution in [-0.2, 0) is 5.60 Å². The number of ether oxygens (including phenoxy) is 1. The molecule has 0 aliphatic carbocycles. The lowest BCUT2D eigenvalue weighted by atomic mass is 9.70. The van der Waals surface area contributed by atoms with Crippen LogP contribution in [0.4, 0.5) is 0 Å². The Bertz CT molecular complexity index is 1230. The van der Waals surface area contributed by atoms with Gasteiger partial charge in [-0.25, -0.2) is 0 Å². The van der Waals surface area contributed by atoms with Crippen LogP contribution >= 0.6 is 31.9 Å². The zero-order valence-electron chi connectivity index (χ0n) is 19.4. The zero-order valence-corrected chi connectivity index (χ0v) is 22.6. The fourth-order valence-corrected chi connectivity index (χ4v) is 5.18. The van der Waals surface area contributed by atoms with E-state index in [-0.39, 0.29) is 5.92 Å². The van der Waals surface area contributed by atoms with Crippen molar-refractivity contribution in [3.63, 3.8) is 0 Å². The number of aliphatic hydroxyl groups is 1. The number of hydrogen-bond acceptors (Lipinski definition) is 3. The molecule has 0 amide bonds. The zero-order chi connectivity index (χ0) is 24.1. The summed E-state index contributed by atoms with van der Waals surface area (Å²) >= 11 is 7.00. The van der Waals surface area contributed by atoms with Gasteiger partial charge in [0.05, 0.1) is 0 Å². The highest BCUT2D eigenvalue weighted by Gasteiger charge is 2.42. The van der Waals surface area contributed by atoms with Gasteiger partial charge in [0.2, 0.25) is 0 Å². The second-order valence-corrected chi connectivity index (χ2v) is 10.2. The molecule has 5 heteroatoms. The minimum absolute atomic E-state index is 0.352. The van der Waals surface area contributed by atoms with Gasteiger partial charge in [0.15, 0.2) is 0 Å². The third kappa shape index (κ3) is 5.23. The van der Waals surface area contributed by atoms with Crippen molar-refractivity contribution in [2.45, 2.75) is 17.9 Å². The van der Waals surface area contributed by atoms with Gasteiger partial charge in [-0.3, -0.25) is 0 Å². The van der Waals surface area contributed by atoms with E-state index in [1.54, 1.807) is 0 Å². The quantitative estimate of drug-likeness (QED) is 0.210. The van der Waals surface area contributed by atoms with Gasteiger partial charge in [0.1, 0.15) is 16.9 Å². The second-order valence-electron chi connectivity index (χ2n) is 8.78. The van der Waals surface area contributed by atoms with E-state index >= 15 is 0 Å². The van der Waals surface area contributed by atoms with Crippen LogP contribution in [0.15, 0.2) is 95.5 Å². The van der Waals surface area contributed by atoms with E-state index < -0.39 is 5.60 Å². The molecule has 34 heavy (non-hydrogen) atoms. The SMILES string of the molecule is CN(C)CCC(O)(c1ccc(Br)cc1)C(c1ccccc1)c1c(OCBr)ccc2ccccc12. The minimum Gasteiger partial charge on any atom is -0.482 e. The number of rotatable bonds is 9. The Hall–Kier alpha value is -2.18. The third-order valence-corrected chi connectivity index (χ3v) is 7.08. The molecule has 4 aromatic carbocycles. The van der Waals surface area contributed by atoms with Crippen LogP contribution < -0.4 is 4.74 Å².